The maximum absolute atomic E-state index is 12.2. The zero-order chi connectivity index (χ0) is 40.0. The fourth-order valence-electron chi connectivity index (χ4n) is 6.13. The molecule has 0 aliphatic carbocycles. The second-order valence-corrected chi connectivity index (χ2v) is 16.3. The molecule has 54 heavy (non-hydrogen) atoms. The van der Waals surface area contributed by atoms with Gasteiger partial charge in [-0.25, -0.2) is 9.36 Å². The quantitative estimate of drug-likeness (QED) is 0.0202. The van der Waals surface area contributed by atoms with Crippen molar-refractivity contribution in [2.45, 2.75) is 219 Å². The number of esters is 1. The Morgan fingerprint density at radius 1 is 0.574 bits per heavy atom. The van der Waals surface area contributed by atoms with Crippen LogP contribution in [0, 0.1) is 0 Å². The number of nitrogens with one attached hydrogen (secondary N) is 1. The third-order valence-electron chi connectivity index (χ3n) is 9.55. The topological polar surface area (TPSA) is 169 Å². The number of hydrogen-bond acceptors (Lipinski definition) is 8. The Hall–Kier alpha value is -1.78. The Morgan fingerprint density at radius 2 is 0.963 bits per heavy atom. The highest BCUT2D eigenvalue weighted by atomic mass is 31.2. The molecule has 12 heteroatoms. The molecular weight excluding hydrogens is 709 g/mol. The third kappa shape index (κ3) is 37.2. The van der Waals surface area contributed by atoms with Crippen molar-refractivity contribution in [3.63, 3.8) is 0 Å². The summed E-state index contributed by atoms with van der Waals surface area (Å²) < 4.78 is 26.8. The molecule has 0 saturated heterocycles. The molecule has 318 valence electrons. The maximum atomic E-state index is 12.2. The smallest absolute Gasteiger partial charge is 0.472 e. The highest BCUT2D eigenvalue weighted by molar-refractivity contribution is 7.47. The van der Waals surface area contributed by atoms with Gasteiger partial charge in [-0.3, -0.25) is 18.6 Å². The second kappa shape index (κ2) is 38.1. The van der Waals surface area contributed by atoms with Crippen LogP contribution in [-0.4, -0.2) is 64.9 Å². The molecule has 0 aromatic carbocycles. The molecule has 0 aliphatic heterocycles. The zero-order valence-corrected chi connectivity index (χ0v) is 35.2. The molecule has 11 nitrogen and oxygen atoms in total. The van der Waals surface area contributed by atoms with Crippen LogP contribution in [0.5, 0.6) is 0 Å². The zero-order valence-electron chi connectivity index (χ0n) is 34.3. The monoisotopic (exact) mass is 790 g/mol. The van der Waals surface area contributed by atoms with Crippen LogP contribution in [0.1, 0.15) is 206 Å². The number of carboxylic acids is 1. The van der Waals surface area contributed by atoms with Gasteiger partial charge in [-0.1, -0.05) is 167 Å². The Bertz CT molecular complexity index is 979. The summed E-state index contributed by atoms with van der Waals surface area (Å²) in [6.07, 6.45) is 36.9. The Kier molecular flexibility index (Phi) is 36.9. The predicted octanol–water partition coefficient (Wildman–Crippen LogP) is 10.9. The first-order valence-corrected chi connectivity index (χ1v) is 23.2. The summed E-state index contributed by atoms with van der Waals surface area (Å²) in [6, 6.07) is -1.54. The van der Waals surface area contributed by atoms with Gasteiger partial charge < -0.3 is 25.2 Å². The van der Waals surface area contributed by atoms with Crippen molar-refractivity contribution in [2.24, 2.45) is 0 Å². The molecule has 0 aromatic rings. The van der Waals surface area contributed by atoms with Gasteiger partial charge in [0.25, 0.3) is 0 Å². The van der Waals surface area contributed by atoms with E-state index in [2.05, 4.69) is 31.3 Å². The lowest BCUT2D eigenvalue weighted by molar-refractivity contribution is -0.147. The van der Waals surface area contributed by atoms with Crippen molar-refractivity contribution in [3.05, 3.63) is 12.2 Å². The molecule has 0 spiro atoms. The largest absolute Gasteiger partial charge is 0.480 e. The van der Waals surface area contributed by atoms with E-state index < -0.39 is 57.6 Å². The van der Waals surface area contributed by atoms with E-state index in [4.69, 9.17) is 13.8 Å². The second-order valence-electron chi connectivity index (χ2n) is 14.9. The summed E-state index contributed by atoms with van der Waals surface area (Å²) in [4.78, 5) is 45.7. The fraction of sp³-hybridized carbons (Fsp3) is 0.881. The van der Waals surface area contributed by atoms with Crippen LogP contribution in [0.25, 0.3) is 0 Å². The van der Waals surface area contributed by atoms with Crippen molar-refractivity contribution in [1.29, 1.82) is 0 Å². The number of carbonyl (C=O) groups excluding carboxylic acids is 2. The van der Waals surface area contributed by atoms with Gasteiger partial charge in [-0.15, -0.1) is 0 Å². The summed E-state index contributed by atoms with van der Waals surface area (Å²) in [5.41, 5.74) is 0. The van der Waals surface area contributed by atoms with E-state index in [1.54, 1.807) is 0 Å². The highest BCUT2D eigenvalue weighted by Crippen LogP contribution is 2.43. The molecular formula is C42H80NO10P. The first-order valence-electron chi connectivity index (χ1n) is 21.7. The minimum atomic E-state index is -4.74. The summed E-state index contributed by atoms with van der Waals surface area (Å²) in [5.74, 6) is -2.37. The van der Waals surface area contributed by atoms with E-state index in [9.17, 15) is 34.1 Å². The number of phosphoric ester groups is 1. The summed E-state index contributed by atoms with van der Waals surface area (Å²) in [5, 5.41) is 21.7. The van der Waals surface area contributed by atoms with Gasteiger partial charge in [-0.2, -0.15) is 0 Å². The number of phosphoric acid groups is 1. The molecule has 0 aliphatic rings. The lowest BCUT2D eigenvalue weighted by atomic mass is 10.0. The lowest BCUT2D eigenvalue weighted by Gasteiger charge is -2.18. The predicted molar refractivity (Wildman–Crippen MR) is 217 cm³/mol. The highest BCUT2D eigenvalue weighted by Gasteiger charge is 2.28. The van der Waals surface area contributed by atoms with E-state index in [1.165, 1.54) is 128 Å². The van der Waals surface area contributed by atoms with Gasteiger partial charge in [0.05, 0.1) is 13.2 Å². The first-order chi connectivity index (χ1) is 26.1. The molecule has 0 rings (SSSR count). The minimum Gasteiger partial charge on any atom is -0.480 e. The normalized spacial score (nSPS) is 13.9. The molecule has 3 atom stereocenters. The Morgan fingerprint density at radius 3 is 1.41 bits per heavy atom. The van der Waals surface area contributed by atoms with Gasteiger partial charge in [0.1, 0.15) is 12.7 Å². The number of allylic oxidation sites excluding steroid dienone is 2. The standard InChI is InChI=1S/C42H80NO10P/c1-3-5-7-9-11-13-14-15-16-17-18-19-20-21-22-23-24-26-28-30-32-34-41(46)51-35-38(44)36-52-54(49,50)53-37-39(42(47)48)43-40(45)33-31-29-27-25-12-10-8-6-4-2/h15-16,38-39,44H,3-14,17-37H2,1-2H3,(H,43,45)(H,47,48)(H,49,50)/b16-15+. The van der Waals surface area contributed by atoms with Crippen molar-refractivity contribution >= 4 is 25.7 Å². The van der Waals surface area contributed by atoms with Crippen molar-refractivity contribution in [3.8, 4) is 0 Å². The van der Waals surface area contributed by atoms with Crippen LogP contribution in [0.3, 0.4) is 0 Å². The summed E-state index contributed by atoms with van der Waals surface area (Å²) >= 11 is 0. The van der Waals surface area contributed by atoms with Crippen LogP contribution in [-0.2, 0) is 32.7 Å². The van der Waals surface area contributed by atoms with Gasteiger partial charge >= 0.3 is 19.8 Å². The van der Waals surface area contributed by atoms with Crippen LogP contribution in [0.15, 0.2) is 12.2 Å². The number of rotatable bonds is 41. The van der Waals surface area contributed by atoms with Crippen LogP contribution >= 0.6 is 7.82 Å². The molecule has 0 fully saturated rings. The average Bonchev–Trinajstić information content (AvgIpc) is 3.14. The van der Waals surface area contributed by atoms with Crippen LogP contribution < -0.4 is 5.32 Å². The average molecular weight is 790 g/mol. The molecule has 1 amide bonds. The van der Waals surface area contributed by atoms with Gasteiger partial charge in [0, 0.05) is 12.8 Å². The van der Waals surface area contributed by atoms with Gasteiger partial charge in [-0.05, 0) is 38.5 Å². The molecule has 0 radical (unpaired) electrons. The van der Waals surface area contributed by atoms with Crippen molar-refractivity contribution in [2.75, 3.05) is 19.8 Å². The van der Waals surface area contributed by atoms with E-state index in [1.807, 2.05) is 0 Å². The molecule has 0 bridgehead atoms. The number of ether oxygens (including phenoxy) is 1. The van der Waals surface area contributed by atoms with Crippen molar-refractivity contribution < 1.29 is 47.8 Å². The number of carboxylic acid groups (broad SMARTS) is 1. The third-order valence-corrected chi connectivity index (χ3v) is 10.5. The molecule has 0 saturated carbocycles. The van der Waals surface area contributed by atoms with Crippen molar-refractivity contribution in [1.82, 2.24) is 5.32 Å². The minimum absolute atomic E-state index is 0.149. The molecule has 3 unspecified atom stereocenters. The van der Waals surface area contributed by atoms with Gasteiger partial charge in [0.15, 0.2) is 6.04 Å². The molecule has 4 N–H and O–H groups in total. The van der Waals surface area contributed by atoms with E-state index in [0.29, 0.717) is 12.8 Å². The van der Waals surface area contributed by atoms with Crippen LogP contribution in [0.2, 0.25) is 0 Å². The van der Waals surface area contributed by atoms with E-state index in [0.717, 1.165) is 38.5 Å². The number of aliphatic carboxylic acids is 1. The summed E-state index contributed by atoms with van der Waals surface area (Å²) in [7, 11) is -4.74. The first kappa shape index (κ1) is 52.2. The van der Waals surface area contributed by atoms with E-state index >= 15 is 0 Å². The number of aliphatic hydroxyl groups excluding tert-OH is 1. The lowest BCUT2D eigenvalue weighted by Crippen LogP contribution is -2.43. The fourth-order valence-corrected chi connectivity index (χ4v) is 6.91. The molecule has 0 heterocycles. The summed E-state index contributed by atoms with van der Waals surface area (Å²) in [6.45, 7) is 2.56. The van der Waals surface area contributed by atoms with E-state index in [-0.39, 0.29) is 12.8 Å². The number of carbonyl (C=O) groups is 3. The van der Waals surface area contributed by atoms with Gasteiger partial charge in [0.2, 0.25) is 5.91 Å². The number of unbranched alkanes of at least 4 members (excludes halogenated alkanes) is 25. The Balaban J connectivity index is 3.80. The number of amides is 1. The Labute approximate surface area is 328 Å². The number of aliphatic hydroxyl groups is 1. The molecule has 0 aromatic heterocycles. The van der Waals surface area contributed by atoms with Crippen LogP contribution in [0.4, 0.5) is 0 Å². The number of hydrogen-bond donors (Lipinski definition) is 4. The maximum Gasteiger partial charge on any atom is 0.472 e. The SMILES string of the molecule is CCCCCCCC/C=C/CCCCCCCCCCCCCC(=O)OCC(O)COP(=O)(O)OCC(NC(=O)CCCCCCCCCCC)C(=O)O.